The molecule has 1 aromatic carbocycles. The first-order valence-corrected chi connectivity index (χ1v) is 7.85. The van der Waals surface area contributed by atoms with Gasteiger partial charge in [-0.2, -0.15) is 0 Å². The van der Waals surface area contributed by atoms with Crippen LogP contribution in [0.2, 0.25) is 0 Å². The third kappa shape index (κ3) is 3.46. The van der Waals surface area contributed by atoms with Crippen LogP contribution in [-0.4, -0.2) is 18.4 Å². The molecule has 3 nitrogen and oxygen atoms in total. The summed E-state index contributed by atoms with van der Waals surface area (Å²) in [6.07, 6.45) is 4.21. The van der Waals surface area contributed by atoms with Crippen molar-refractivity contribution in [2.75, 3.05) is 6.61 Å². The molecule has 0 aromatic heterocycles. The van der Waals surface area contributed by atoms with Gasteiger partial charge in [-0.15, -0.1) is 0 Å². The zero-order valence-electron chi connectivity index (χ0n) is 13.9. The van der Waals surface area contributed by atoms with E-state index in [1.54, 1.807) is 6.92 Å². The SMILES string of the molecule is CCOC(=O)CCC1=CCC(C)(C)c2cc(C(C)=O)ccc21. The second kappa shape index (κ2) is 6.47. The van der Waals surface area contributed by atoms with Crippen molar-refractivity contribution in [1.82, 2.24) is 0 Å². The minimum atomic E-state index is -0.157. The van der Waals surface area contributed by atoms with Crippen LogP contribution in [0.25, 0.3) is 5.57 Å². The molecule has 0 radical (unpaired) electrons. The highest BCUT2D eigenvalue weighted by molar-refractivity contribution is 5.95. The molecule has 118 valence electrons. The van der Waals surface area contributed by atoms with Crippen molar-refractivity contribution >= 4 is 17.3 Å². The molecule has 0 saturated carbocycles. The van der Waals surface area contributed by atoms with Gasteiger partial charge in [0.2, 0.25) is 0 Å². The number of fused-ring (bicyclic) bond motifs is 1. The van der Waals surface area contributed by atoms with E-state index in [0.717, 1.165) is 17.5 Å². The summed E-state index contributed by atoms with van der Waals surface area (Å²) in [6.45, 7) is 8.21. The minimum absolute atomic E-state index is 0.00816. The maximum Gasteiger partial charge on any atom is 0.306 e. The summed E-state index contributed by atoms with van der Waals surface area (Å²) in [4.78, 5) is 23.2. The number of esters is 1. The smallest absolute Gasteiger partial charge is 0.306 e. The normalized spacial score (nSPS) is 15.7. The van der Waals surface area contributed by atoms with Gasteiger partial charge in [-0.25, -0.2) is 0 Å². The standard InChI is InChI=1S/C19H24O3/c1-5-22-18(21)9-7-14-10-11-19(3,4)17-12-15(13(2)20)6-8-16(14)17/h6,8,10,12H,5,7,9,11H2,1-4H3. The number of ketones is 1. The van der Waals surface area contributed by atoms with Crippen molar-refractivity contribution < 1.29 is 14.3 Å². The lowest BCUT2D eigenvalue weighted by molar-refractivity contribution is -0.142. The van der Waals surface area contributed by atoms with Gasteiger partial charge in [-0.3, -0.25) is 9.59 Å². The summed E-state index contributed by atoms with van der Waals surface area (Å²) in [5.74, 6) is -0.0728. The maximum absolute atomic E-state index is 11.6. The molecule has 0 N–H and O–H groups in total. The fourth-order valence-corrected chi connectivity index (χ4v) is 2.91. The summed E-state index contributed by atoms with van der Waals surface area (Å²) in [5.41, 5.74) is 4.29. The van der Waals surface area contributed by atoms with Crippen LogP contribution in [0.1, 0.15) is 68.4 Å². The van der Waals surface area contributed by atoms with E-state index < -0.39 is 0 Å². The van der Waals surface area contributed by atoms with Crippen LogP contribution < -0.4 is 0 Å². The molecular formula is C19H24O3. The van der Waals surface area contributed by atoms with Crippen molar-refractivity contribution in [2.24, 2.45) is 0 Å². The van der Waals surface area contributed by atoms with E-state index >= 15 is 0 Å². The molecule has 0 bridgehead atoms. The molecule has 0 aliphatic heterocycles. The first-order valence-electron chi connectivity index (χ1n) is 7.85. The molecule has 2 rings (SSSR count). The summed E-state index contributed by atoms with van der Waals surface area (Å²) < 4.78 is 5.00. The predicted molar refractivity (Wildman–Crippen MR) is 87.9 cm³/mol. The third-order valence-corrected chi connectivity index (χ3v) is 4.26. The highest BCUT2D eigenvalue weighted by atomic mass is 16.5. The van der Waals surface area contributed by atoms with Crippen LogP contribution in [0.3, 0.4) is 0 Å². The van der Waals surface area contributed by atoms with Gasteiger partial charge in [-0.05, 0) is 54.9 Å². The van der Waals surface area contributed by atoms with Gasteiger partial charge in [0.05, 0.1) is 6.61 Å². The number of allylic oxidation sites excluding steroid dienone is 2. The molecule has 0 fully saturated rings. The largest absolute Gasteiger partial charge is 0.466 e. The van der Waals surface area contributed by atoms with Crippen molar-refractivity contribution in [2.45, 2.75) is 52.4 Å². The van der Waals surface area contributed by atoms with E-state index in [9.17, 15) is 9.59 Å². The molecule has 0 spiro atoms. The Morgan fingerprint density at radius 2 is 2.00 bits per heavy atom. The molecule has 0 heterocycles. The van der Waals surface area contributed by atoms with Crippen molar-refractivity contribution in [3.8, 4) is 0 Å². The lowest BCUT2D eigenvalue weighted by Gasteiger charge is -2.32. The minimum Gasteiger partial charge on any atom is -0.466 e. The van der Waals surface area contributed by atoms with Gasteiger partial charge in [-0.1, -0.05) is 32.1 Å². The van der Waals surface area contributed by atoms with Crippen LogP contribution in [0.4, 0.5) is 0 Å². The van der Waals surface area contributed by atoms with E-state index in [2.05, 4.69) is 19.9 Å². The molecule has 22 heavy (non-hydrogen) atoms. The molecule has 1 aromatic rings. The van der Waals surface area contributed by atoms with E-state index in [0.29, 0.717) is 19.4 Å². The molecule has 0 amide bonds. The number of benzene rings is 1. The molecule has 1 aliphatic rings. The average Bonchev–Trinajstić information content (AvgIpc) is 2.46. The lowest BCUT2D eigenvalue weighted by atomic mass is 9.72. The third-order valence-electron chi connectivity index (χ3n) is 4.26. The highest BCUT2D eigenvalue weighted by Gasteiger charge is 2.28. The lowest BCUT2D eigenvalue weighted by Crippen LogP contribution is -2.22. The van der Waals surface area contributed by atoms with Gasteiger partial charge in [0.1, 0.15) is 0 Å². The Kier molecular flexibility index (Phi) is 4.84. The Balaban J connectivity index is 2.28. The Morgan fingerprint density at radius 3 is 2.64 bits per heavy atom. The first-order chi connectivity index (χ1) is 10.3. The quantitative estimate of drug-likeness (QED) is 0.601. The topological polar surface area (TPSA) is 43.4 Å². The van der Waals surface area contributed by atoms with Gasteiger partial charge in [0.25, 0.3) is 0 Å². The molecule has 1 aliphatic carbocycles. The number of carbonyl (C=O) groups excluding carboxylic acids is 2. The Bertz CT molecular complexity index is 624. The summed E-state index contributed by atoms with van der Waals surface area (Å²) in [7, 11) is 0. The zero-order chi connectivity index (χ0) is 16.3. The Labute approximate surface area is 132 Å². The predicted octanol–water partition coefficient (Wildman–Crippen LogP) is 4.30. The second-order valence-electron chi connectivity index (χ2n) is 6.44. The first kappa shape index (κ1) is 16.5. The number of Topliss-reactive ketones (excluding diaryl/α,β-unsaturated/α-hetero) is 1. The summed E-state index contributed by atoms with van der Waals surface area (Å²) in [5, 5.41) is 0. The summed E-state index contributed by atoms with van der Waals surface area (Å²) in [6, 6.07) is 5.90. The monoisotopic (exact) mass is 300 g/mol. The van der Waals surface area contributed by atoms with Crippen molar-refractivity contribution in [3.05, 3.63) is 41.0 Å². The Hall–Kier alpha value is -1.90. The zero-order valence-corrected chi connectivity index (χ0v) is 13.9. The van der Waals surface area contributed by atoms with Gasteiger partial charge >= 0.3 is 5.97 Å². The number of ether oxygens (including phenoxy) is 1. The Morgan fingerprint density at radius 1 is 1.27 bits per heavy atom. The van der Waals surface area contributed by atoms with Gasteiger partial charge < -0.3 is 4.74 Å². The number of rotatable bonds is 5. The van der Waals surface area contributed by atoms with E-state index in [1.165, 1.54) is 11.1 Å². The fraction of sp³-hybridized carbons (Fsp3) is 0.474. The molecular weight excluding hydrogens is 276 g/mol. The average molecular weight is 300 g/mol. The number of hydrogen-bond acceptors (Lipinski definition) is 3. The number of hydrogen-bond donors (Lipinski definition) is 0. The van der Waals surface area contributed by atoms with Crippen LogP contribution in [0.5, 0.6) is 0 Å². The van der Waals surface area contributed by atoms with Crippen LogP contribution in [-0.2, 0) is 14.9 Å². The van der Waals surface area contributed by atoms with E-state index in [-0.39, 0.29) is 17.2 Å². The highest BCUT2D eigenvalue weighted by Crippen LogP contribution is 2.40. The van der Waals surface area contributed by atoms with Crippen molar-refractivity contribution in [1.29, 1.82) is 0 Å². The summed E-state index contributed by atoms with van der Waals surface area (Å²) >= 11 is 0. The van der Waals surface area contributed by atoms with Crippen LogP contribution in [0, 0.1) is 0 Å². The van der Waals surface area contributed by atoms with Gasteiger partial charge in [0.15, 0.2) is 5.78 Å². The maximum atomic E-state index is 11.6. The van der Waals surface area contributed by atoms with E-state index in [1.807, 2.05) is 25.1 Å². The van der Waals surface area contributed by atoms with Crippen LogP contribution in [0.15, 0.2) is 24.3 Å². The molecule has 0 saturated heterocycles. The van der Waals surface area contributed by atoms with Crippen LogP contribution >= 0.6 is 0 Å². The molecule has 0 unspecified atom stereocenters. The second-order valence-corrected chi connectivity index (χ2v) is 6.44. The van der Waals surface area contributed by atoms with E-state index in [4.69, 9.17) is 4.74 Å². The fourth-order valence-electron chi connectivity index (χ4n) is 2.91. The van der Waals surface area contributed by atoms with Gasteiger partial charge in [0, 0.05) is 12.0 Å². The van der Waals surface area contributed by atoms with Crippen molar-refractivity contribution in [3.63, 3.8) is 0 Å². The number of carbonyl (C=O) groups is 2. The molecule has 0 atom stereocenters. The molecule has 3 heteroatoms.